The summed E-state index contributed by atoms with van der Waals surface area (Å²) in [6.45, 7) is 3.03. The summed E-state index contributed by atoms with van der Waals surface area (Å²) in [4.78, 5) is 0.133. The van der Waals surface area contributed by atoms with Crippen LogP contribution in [0.25, 0.3) is 0 Å². The molecule has 1 aliphatic heterocycles. The molecule has 1 unspecified atom stereocenters. The Morgan fingerprint density at radius 2 is 1.69 bits per heavy atom. The molecule has 0 aromatic heterocycles. The van der Waals surface area contributed by atoms with Crippen LogP contribution in [-0.2, 0) is 22.0 Å². The van der Waals surface area contributed by atoms with Crippen molar-refractivity contribution < 1.29 is 21.6 Å². The van der Waals surface area contributed by atoms with Gasteiger partial charge < -0.3 is 0 Å². The highest BCUT2D eigenvalue weighted by molar-refractivity contribution is 7.89. The van der Waals surface area contributed by atoms with E-state index in [1.807, 2.05) is 0 Å². The monoisotopic (exact) mass is 383 g/mol. The fourth-order valence-electron chi connectivity index (χ4n) is 3.72. The van der Waals surface area contributed by atoms with Gasteiger partial charge >= 0.3 is 6.18 Å². The van der Waals surface area contributed by atoms with Crippen molar-refractivity contribution in [3.63, 3.8) is 0 Å². The number of sulfonamides is 1. The van der Waals surface area contributed by atoms with E-state index in [-0.39, 0.29) is 18.0 Å². The second-order valence-corrected chi connectivity index (χ2v) is 8.95. The molecule has 1 atom stereocenters. The maximum atomic E-state index is 13.2. The maximum absolute atomic E-state index is 13.2. The molecular formula is C19H20F3NO2S. The van der Waals surface area contributed by atoms with E-state index < -0.39 is 28.0 Å². The van der Waals surface area contributed by atoms with Crippen LogP contribution in [0.2, 0.25) is 0 Å². The minimum absolute atomic E-state index is 0.0697. The third-order valence-corrected chi connectivity index (χ3v) is 6.79. The van der Waals surface area contributed by atoms with Gasteiger partial charge in [0, 0.05) is 18.5 Å². The molecular weight excluding hydrogens is 363 g/mol. The third-order valence-electron chi connectivity index (χ3n) is 4.84. The first-order valence-electron chi connectivity index (χ1n) is 8.24. The Morgan fingerprint density at radius 3 is 2.35 bits per heavy atom. The lowest BCUT2D eigenvalue weighted by molar-refractivity contribution is -0.148. The average molecular weight is 383 g/mol. The maximum Gasteiger partial charge on any atom is 0.390 e. The average Bonchev–Trinajstić information content (AvgIpc) is 2.53. The van der Waals surface area contributed by atoms with Gasteiger partial charge in [-0.05, 0) is 29.7 Å². The highest BCUT2D eigenvalue weighted by Gasteiger charge is 2.46. The van der Waals surface area contributed by atoms with E-state index in [1.165, 1.54) is 17.3 Å². The van der Waals surface area contributed by atoms with Crippen molar-refractivity contribution in [2.75, 3.05) is 6.54 Å². The van der Waals surface area contributed by atoms with Crippen molar-refractivity contribution in [1.82, 2.24) is 4.31 Å². The van der Waals surface area contributed by atoms with Crippen LogP contribution in [0, 0.1) is 6.92 Å². The van der Waals surface area contributed by atoms with Gasteiger partial charge in [0.05, 0.1) is 11.3 Å². The Morgan fingerprint density at radius 1 is 1.08 bits per heavy atom. The van der Waals surface area contributed by atoms with Gasteiger partial charge in [0.25, 0.3) is 0 Å². The van der Waals surface area contributed by atoms with Crippen molar-refractivity contribution in [1.29, 1.82) is 0 Å². The molecule has 0 fully saturated rings. The first-order valence-corrected chi connectivity index (χ1v) is 9.68. The van der Waals surface area contributed by atoms with E-state index in [2.05, 4.69) is 0 Å². The second kappa shape index (κ2) is 6.39. The lowest BCUT2D eigenvalue weighted by Crippen LogP contribution is -2.48. The van der Waals surface area contributed by atoms with E-state index in [0.29, 0.717) is 16.7 Å². The van der Waals surface area contributed by atoms with Gasteiger partial charge in [0.2, 0.25) is 10.0 Å². The molecule has 3 rings (SSSR count). The summed E-state index contributed by atoms with van der Waals surface area (Å²) in [6.07, 6.45) is -5.46. The Bertz CT molecular complexity index is 924. The van der Waals surface area contributed by atoms with Gasteiger partial charge in [-0.2, -0.15) is 17.5 Å². The van der Waals surface area contributed by atoms with E-state index in [0.717, 1.165) is 0 Å². The van der Waals surface area contributed by atoms with Gasteiger partial charge in [-0.1, -0.05) is 49.4 Å². The summed E-state index contributed by atoms with van der Waals surface area (Å²) in [6, 6.07) is 13.3. The first kappa shape index (κ1) is 18.9. The summed E-state index contributed by atoms with van der Waals surface area (Å²) in [5.74, 6) is 0. The number of alkyl halides is 3. The predicted molar refractivity (Wildman–Crippen MR) is 93.2 cm³/mol. The summed E-state index contributed by atoms with van der Waals surface area (Å²) in [7, 11) is -3.90. The van der Waals surface area contributed by atoms with Crippen molar-refractivity contribution >= 4 is 10.0 Å². The molecule has 7 heteroatoms. The van der Waals surface area contributed by atoms with Gasteiger partial charge in [0.1, 0.15) is 0 Å². The van der Waals surface area contributed by atoms with E-state index >= 15 is 0 Å². The smallest absolute Gasteiger partial charge is 0.207 e. The standard InChI is InChI=1S/C19H20F3NO2S/c1-14-7-3-6-10-17(14)26(24,25)23-11-15-8-4-5-9-16(15)18(2,13-23)12-19(20,21)22/h3-10H,11-13H2,1-2H3. The fraction of sp³-hybridized carbons (Fsp3) is 0.368. The molecule has 0 bridgehead atoms. The van der Waals surface area contributed by atoms with E-state index in [1.54, 1.807) is 49.4 Å². The molecule has 26 heavy (non-hydrogen) atoms. The zero-order valence-corrected chi connectivity index (χ0v) is 15.4. The van der Waals surface area contributed by atoms with Gasteiger partial charge in [-0.3, -0.25) is 0 Å². The Kier molecular flexibility index (Phi) is 4.65. The lowest BCUT2D eigenvalue weighted by Gasteiger charge is -2.42. The van der Waals surface area contributed by atoms with Crippen molar-refractivity contribution in [2.24, 2.45) is 0 Å². The minimum atomic E-state index is -4.39. The van der Waals surface area contributed by atoms with Crippen molar-refractivity contribution in [2.45, 2.75) is 43.3 Å². The molecule has 0 amide bonds. The summed E-state index contributed by atoms with van der Waals surface area (Å²) >= 11 is 0. The molecule has 0 spiro atoms. The Hall–Kier alpha value is -1.86. The van der Waals surface area contributed by atoms with Crippen LogP contribution in [0.15, 0.2) is 53.4 Å². The first-order chi connectivity index (χ1) is 12.0. The molecule has 0 aliphatic carbocycles. The fourth-order valence-corrected chi connectivity index (χ4v) is 5.48. The molecule has 3 nitrogen and oxygen atoms in total. The van der Waals surface area contributed by atoms with Crippen LogP contribution < -0.4 is 0 Å². The van der Waals surface area contributed by atoms with Crippen LogP contribution in [0.5, 0.6) is 0 Å². The highest BCUT2D eigenvalue weighted by Crippen LogP contribution is 2.43. The number of halogens is 3. The van der Waals surface area contributed by atoms with Gasteiger partial charge in [-0.25, -0.2) is 8.42 Å². The Balaban J connectivity index is 2.08. The third kappa shape index (κ3) is 3.50. The number of benzene rings is 2. The Labute approximate surface area is 151 Å². The topological polar surface area (TPSA) is 37.4 Å². The summed E-state index contributed by atoms with van der Waals surface area (Å²) < 4.78 is 67.1. The van der Waals surface area contributed by atoms with Crippen LogP contribution >= 0.6 is 0 Å². The summed E-state index contributed by atoms with van der Waals surface area (Å²) in [5, 5.41) is 0. The number of fused-ring (bicyclic) bond motifs is 1. The molecule has 0 N–H and O–H groups in total. The number of hydrogen-bond donors (Lipinski definition) is 0. The molecule has 2 aromatic carbocycles. The minimum Gasteiger partial charge on any atom is -0.207 e. The zero-order valence-electron chi connectivity index (χ0n) is 14.5. The van der Waals surface area contributed by atoms with Crippen LogP contribution in [0.3, 0.4) is 0 Å². The van der Waals surface area contributed by atoms with Crippen molar-refractivity contribution in [3.05, 3.63) is 65.2 Å². The van der Waals surface area contributed by atoms with Gasteiger partial charge in [-0.15, -0.1) is 0 Å². The zero-order chi connectivity index (χ0) is 19.2. The molecule has 2 aromatic rings. The molecule has 1 heterocycles. The SMILES string of the molecule is Cc1ccccc1S(=O)(=O)N1Cc2ccccc2C(C)(CC(F)(F)F)C1. The number of aryl methyl sites for hydroxylation is 1. The van der Waals surface area contributed by atoms with E-state index in [4.69, 9.17) is 0 Å². The summed E-state index contributed by atoms with van der Waals surface area (Å²) in [5.41, 5.74) is 0.420. The highest BCUT2D eigenvalue weighted by atomic mass is 32.2. The van der Waals surface area contributed by atoms with Gasteiger partial charge in [0.15, 0.2) is 0 Å². The number of hydrogen-bond acceptors (Lipinski definition) is 2. The van der Waals surface area contributed by atoms with Crippen LogP contribution in [0.4, 0.5) is 13.2 Å². The quantitative estimate of drug-likeness (QED) is 0.787. The molecule has 0 saturated carbocycles. The molecule has 1 aliphatic rings. The van der Waals surface area contributed by atoms with Crippen LogP contribution in [0.1, 0.15) is 30.0 Å². The lowest BCUT2D eigenvalue weighted by atomic mass is 9.75. The van der Waals surface area contributed by atoms with Crippen LogP contribution in [-0.4, -0.2) is 25.4 Å². The normalized spacial score (nSPS) is 21.4. The molecule has 0 saturated heterocycles. The van der Waals surface area contributed by atoms with Crippen molar-refractivity contribution in [3.8, 4) is 0 Å². The largest absolute Gasteiger partial charge is 0.390 e. The van der Waals surface area contributed by atoms with E-state index in [9.17, 15) is 21.6 Å². The molecule has 0 radical (unpaired) electrons. The number of nitrogens with zero attached hydrogens (tertiary/aromatic N) is 1. The number of rotatable bonds is 3. The molecule has 140 valence electrons. The second-order valence-electron chi connectivity index (χ2n) is 7.05. The predicted octanol–water partition coefficient (Wildman–Crippen LogP) is 4.41.